The van der Waals surface area contributed by atoms with E-state index in [4.69, 9.17) is 10.2 Å². The molecule has 1 fully saturated rings. The molecule has 1 saturated heterocycles. The summed E-state index contributed by atoms with van der Waals surface area (Å²) in [6.07, 6.45) is 2.14. The number of thiophene rings is 1. The van der Waals surface area contributed by atoms with Crippen molar-refractivity contribution < 1.29 is 15.0 Å². The largest absolute Gasteiger partial charge is 0.396 e. The van der Waals surface area contributed by atoms with E-state index in [1.165, 1.54) is 11.3 Å². The van der Waals surface area contributed by atoms with Crippen molar-refractivity contribution in [3.63, 3.8) is 0 Å². The van der Waals surface area contributed by atoms with Gasteiger partial charge in [-0.1, -0.05) is 11.8 Å². The highest BCUT2D eigenvalue weighted by atomic mass is 32.1. The van der Waals surface area contributed by atoms with E-state index in [9.17, 15) is 4.79 Å². The molecule has 0 aromatic carbocycles. The molecule has 0 atom stereocenters. The maximum absolute atomic E-state index is 12.5. The number of hydrogen-bond donors (Lipinski definition) is 2. The highest BCUT2D eigenvalue weighted by Gasteiger charge is 2.25. The predicted molar refractivity (Wildman–Crippen MR) is 78.6 cm³/mol. The van der Waals surface area contributed by atoms with E-state index in [-0.39, 0.29) is 19.1 Å². The van der Waals surface area contributed by atoms with Gasteiger partial charge in [-0.05, 0) is 30.2 Å². The topological polar surface area (TPSA) is 60.8 Å². The molecule has 108 valence electrons. The van der Waals surface area contributed by atoms with Crippen LogP contribution < -0.4 is 0 Å². The molecule has 0 saturated carbocycles. The van der Waals surface area contributed by atoms with Crippen LogP contribution in [0.25, 0.3) is 0 Å². The van der Waals surface area contributed by atoms with Crippen LogP contribution in [0.1, 0.15) is 34.5 Å². The smallest absolute Gasteiger partial charge is 0.265 e. The van der Waals surface area contributed by atoms with Crippen LogP contribution in [0.2, 0.25) is 0 Å². The summed E-state index contributed by atoms with van der Waals surface area (Å²) in [5, 5.41) is 19.7. The molecule has 2 N–H and O–H groups in total. The first-order valence-electron chi connectivity index (χ1n) is 6.83. The normalized spacial score (nSPS) is 15.8. The Balaban J connectivity index is 2.03. The van der Waals surface area contributed by atoms with Crippen molar-refractivity contribution >= 4 is 17.2 Å². The Morgan fingerprint density at radius 2 is 2.15 bits per heavy atom. The minimum atomic E-state index is 0.0321. The van der Waals surface area contributed by atoms with Gasteiger partial charge in [-0.2, -0.15) is 0 Å². The summed E-state index contributed by atoms with van der Waals surface area (Å²) in [6.45, 7) is 1.64. The third-order valence-corrected chi connectivity index (χ3v) is 4.38. The summed E-state index contributed by atoms with van der Waals surface area (Å²) in [6, 6.07) is 1.85. The molecule has 2 heterocycles. The number of amides is 1. The third kappa shape index (κ3) is 3.60. The van der Waals surface area contributed by atoms with Gasteiger partial charge in [-0.3, -0.25) is 4.79 Å². The number of rotatable bonds is 3. The fourth-order valence-electron chi connectivity index (χ4n) is 2.25. The summed E-state index contributed by atoms with van der Waals surface area (Å²) >= 11 is 1.41. The lowest BCUT2D eigenvalue weighted by Crippen LogP contribution is -2.39. The summed E-state index contributed by atoms with van der Waals surface area (Å²) in [5.74, 6) is 6.16. The van der Waals surface area contributed by atoms with E-state index in [1.807, 2.05) is 16.3 Å². The van der Waals surface area contributed by atoms with Gasteiger partial charge in [0.1, 0.15) is 4.88 Å². The number of carbonyl (C=O) groups is 1. The van der Waals surface area contributed by atoms with Crippen LogP contribution in [0.15, 0.2) is 11.4 Å². The quantitative estimate of drug-likeness (QED) is 0.827. The summed E-state index contributed by atoms with van der Waals surface area (Å²) in [7, 11) is 0. The Kier molecular flexibility index (Phi) is 5.60. The van der Waals surface area contributed by atoms with Crippen molar-refractivity contribution in [3.8, 4) is 11.8 Å². The molecule has 0 radical (unpaired) electrons. The van der Waals surface area contributed by atoms with Gasteiger partial charge in [0.25, 0.3) is 5.91 Å². The van der Waals surface area contributed by atoms with Crippen molar-refractivity contribution in [1.29, 1.82) is 0 Å². The van der Waals surface area contributed by atoms with Gasteiger partial charge in [0.15, 0.2) is 0 Å². The molecule has 0 bridgehead atoms. The maximum atomic E-state index is 12.5. The second kappa shape index (κ2) is 7.44. The van der Waals surface area contributed by atoms with Crippen LogP contribution in [-0.4, -0.2) is 47.3 Å². The molecule has 1 aliphatic rings. The molecule has 2 rings (SSSR count). The minimum Gasteiger partial charge on any atom is -0.396 e. The maximum Gasteiger partial charge on any atom is 0.265 e. The van der Waals surface area contributed by atoms with E-state index in [0.717, 1.165) is 18.4 Å². The molecular formula is C15H19NO3S. The first kappa shape index (κ1) is 15.0. The zero-order chi connectivity index (χ0) is 14.4. The first-order valence-corrected chi connectivity index (χ1v) is 7.71. The SMILES string of the molecule is O=C(c1sccc1C#CCCO)N1CCC(CO)CC1. The number of aliphatic hydroxyl groups is 2. The summed E-state index contributed by atoms with van der Waals surface area (Å²) in [4.78, 5) is 15.0. The predicted octanol–water partition coefficient (Wildman–Crippen LogP) is 1.33. The lowest BCUT2D eigenvalue weighted by Gasteiger charge is -2.30. The van der Waals surface area contributed by atoms with Crippen LogP contribution in [0.4, 0.5) is 0 Å². The fraction of sp³-hybridized carbons (Fsp3) is 0.533. The minimum absolute atomic E-state index is 0.0321. The van der Waals surface area contributed by atoms with Crippen molar-refractivity contribution in [1.82, 2.24) is 4.90 Å². The lowest BCUT2D eigenvalue weighted by atomic mass is 9.98. The van der Waals surface area contributed by atoms with Crippen LogP contribution in [-0.2, 0) is 0 Å². The van der Waals surface area contributed by atoms with E-state index >= 15 is 0 Å². The second-order valence-corrected chi connectivity index (χ2v) is 5.77. The fourth-order valence-corrected chi connectivity index (χ4v) is 3.07. The summed E-state index contributed by atoms with van der Waals surface area (Å²) in [5.41, 5.74) is 0.748. The van der Waals surface area contributed by atoms with Gasteiger partial charge in [0.05, 0.1) is 6.61 Å². The molecule has 5 heteroatoms. The van der Waals surface area contributed by atoms with Crippen molar-refractivity contribution in [3.05, 3.63) is 21.9 Å². The molecule has 0 unspecified atom stereocenters. The van der Waals surface area contributed by atoms with Gasteiger partial charge in [0.2, 0.25) is 0 Å². The van der Waals surface area contributed by atoms with E-state index in [0.29, 0.717) is 30.3 Å². The molecule has 0 spiro atoms. The Labute approximate surface area is 123 Å². The molecule has 20 heavy (non-hydrogen) atoms. The zero-order valence-corrected chi connectivity index (χ0v) is 12.2. The van der Waals surface area contributed by atoms with Gasteiger partial charge < -0.3 is 15.1 Å². The van der Waals surface area contributed by atoms with Crippen LogP contribution in [0.5, 0.6) is 0 Å². The number of nitrogens with zero attached hydrogens (tertiary/aromatic N) is 1. The Morgan fingerprint density at radius 1 is 1.40 bits per heavy atom. The molecule has 1 aliphatic heterocycles. The number of likely N-dealkylation sites (tertiary alicyclic amines) is 1. The molecule has 1 amide bonds. The van der Waals surface area contributed by atoms with Crippen LogP contribution in [0, 0.1) is 17.8 Å². The molecule has 1 aromatic heterocycles. The number of hydrogen-bond acceptors (Lipinski definition) is 4. The standard InChI is InChI=1S/C15H19NO3S/c17-9-2-1-3-13-6-10-20-14(13)15(19)16-7-4-12(11-18)5-8-16/h6,10,12,17-18H,2,4-5,7-9,11H2. The van der Waals surface area contributed by atoms with Crippen molar-refractivity contribution in [2.45, 2.75) is 19.3 Å². The van der Waals surface area contributed by atoms with E-state index in [1.54, 1.807) is 0 Å². The third-order valence-electron chi connectivity index (χ3n) is 3.48. The molecule has 0 aliphatic carbocycles. The van der Waals surface area contributed by atoms with Crippen LogP contribution in [0.3, 0.4) is 0 Å². The average Bonchev–Trinajstić information content (AvgIpc) is 2.95. The van der Waals surface area contributed by atoms with Crippen molar-refractivity contribution in [2.75, 3.05) is 26.3 Å². The van der Waals surface area contributed by atoms with Gasteiger partial charge in [-0.15, -0.1) is 11.3 Å². The van der Waals surface area contributed by atoms with E-state index in [2.05, 4.69) is 11.8 Å². The first-order chi connectivity index (χ1) is 9.76. The molecule has 1 aromatic rings. The van der Waals surface area contributed by atoms with Crippen molar-refractivity contribution in [2.24, 2.45) is 5.92 Å². The molecular weight excluding hydrogens is 274 g/mol. The van der Waals surface area contributed by atoms with Gasteiger partial charge in [-0.25, -0.2) is 0 Å². The van der Waals surface area contributed by atoms with Gasteiger partial charge in [0, 0.05) is 31.7 Å². The molecule has 4 nitrogen and oxygen atoms in total. The monoisotopic (exact) mass is 293 g/mol. The number of piperidine rings is 1. The zero-order valence-electron chi connectivity index (χ0n) is 11.3. The Bertz CT molecular complexity index is 507. The van der Waals surface area contributed by atoms with Gasteiger partial charge >= 0.3 is 0 Å². The highest BCUT2D eigenvalue weighted by molar-refractivity contribution is 7.12. The Morgan fingerprint density at radius 3 is 2.80 bits per heavy atom. The van der Waals surface area contributed by atoms with Crippen LogP contribution >= 0.6 is 11.3 Å². The summed E-state index contributed by atoms with van der Waals surface area (Å²) < 4.78 is 0. The Hall–Kier alpha value is -1.35. The average molecular weight is 293 g/mol. The highest BCUT2D eigenvalue weighted by Crippen LogP contribution is 2.22. The second-order valence-electron chi connectivity index (χ2n) is 4.86. The lowest BCUT2D eigenvalue weighted by molar-refractivity contribution is 0.0655. The number of aliphatic hydroxyl groups excluding tert-OH is 2. The van der Waals surface area contributed by atoms with E-state index < -0.39 is 0 Å². The number of carbonyl (C=O) groups excluding carboxylic acids is 1.